The lowest BCUT2D eigenvalue weighted by Crippen LogP contribution is -2.04. The molecule has 7 heteroatoms. The van der Waals surface area contributed by atoms with Crippen LogP contribution in [0.3, 0.4) is 0 Å². The Morgan fingerprint density at radius 3 is 2.20 bits per heavy atom. The van der Waals surface area contributed by atoms with Crippen LogP contribution in [0.2, 0.25) is 5.02 Å². The lowest BCUT2D eigenvalue weighted by atomic mass is 9.86. The third-order valence-corrected chi connectivity index (χ3v) is 6.46. The second-order valence-electron chi connectivity index (χ2n) is 8.58. The first-order chi connectivity index (χ1) is 16.9. The van der Waals surface area contributed by atoms with Gasteiger partial charge in [0.25, 0.3) is 5.69 Å². The molecule has 35 heavy (non-hydrogen) atoms. The van der Waals surface area contributed by atoms with Crippen molar-refractivity contribution in [3.63, 3.8) is 0 Å². The van der Waals surface area contributed by atoms with Crippen LogP contribution in [-0.2, 0) is 17.8 Å². The Morgan fingerprint density at radius 1 is 0.971 bits per heavy atom. The molecule has 0 aromatic heterocycles. The smallest absolute Gasteiger partial charge is 0.288 e. The van der Waals surface area contributed by atoms with Gasteiger partial charge in [0.05, 0.1) is 18.6 Å². The maximum atomic E-state index is 12.4. The number of hydrogen-bond donors (Lipinski definition) is 1. The van der Waals surface area contributed by atoms with Crippen molar-refractivity contribution >= 4 is 23.1 Å². The third kappa shape index (κ3) is 7.64. The van der Waals surface area contributed by atoms with Crippen LogP contribution < -0.4 is 4.74 Å². The number of unbranched alkanes of at least 4 members (excludes halogenated alkanes) is 2. The molecule has 0 saturated heterocycles. The largest absolute Gasteiger partial charge is 0.497 e. The van der Waals surface area contributed by atoms with Gasteiger partial charge in [0.1, 0.15) is 16.6 Å². The summed E-state index contributed by atoms with van der Waals surface area (Å²) in [7, 11) is 1.65. The van der Waals surface area contributed by atoms with Gasteiger partial charge in [0.2, 0.25) is 0 Å². The molecule has 1 N–H and O–H groups in total. The van der Waals surface area contributed by atoms with Gasteiger partial charge < -0.3 is 9.84 Å². The molecule has 3 aromatic rings. The summed E-state index contributed by atoms with van der Waals surface area (Å²) in [4.78, 5) is 22.9. The zero-order chi connectivity index (χ0) is 25.2. The third-order valence-electron chi connectivity index (χ3n) is 6.14. The Labute approximate surface area is 210 Å². The molecule has 0 aliphatic rings. The highest BCUT2D eigenvalue weighted by molar-refractivity contribution is 6.32. The molecule has 0 fully saturated rings. The number of nitrogens with zero attached hydrogens (tertiary/aromatic N) is 1. The van der Waals surface area contributed by atoms with Gasteiger partial charge in [-0.2, -0.15) is 0 Å². The highest BCUT2D eigenvalue weighted by Crippen LogP contribution is 2.32. The van der Waals surface area contributed by atoms with E-state index in [1.807, 2.05) is 24.3 Å². The molecule has 1 unspecified atom stereocenters. The Hall–Kier alpha value is -3.22. The van der Waals surface area contributed by atoms with E-state index in [0.29, 0.717) is 12.0 Å². The number of benzene rings is 3. The number of nitro benzene ring substituents is 1. The van der Waals surface area contributed by atoms with E-state index in [1.54, 1.807) is 13.2 Å². The summed E-state index contributed by atoms with van der Waals surface area (Å²) < 4.78 is 5.29. The molecule has 0 bridgehead atoms. The molecule has 0 aliphatic carbocycles. The van der Waals surface area contributed by atoms with Crippen LogP contribution in [0.25, 0.3) is 0 Å². The standard InChI is InChI=1S/C28H30ClNO5/c1-35-25-14-12-23(13-15-25)26(22-10-7-20(19-31)8-11-22)6-4-2-3-5-24(32)17-21-9-16-27(29)28(18-21)30(33)34/h7-16,18,26,31H,2-6,17,19H2,1H3. The zero-order valence-corrected chi connectivity index (χ0v) is 20.5. The summed E-state index contributed by atoms with van der Waals surface area (Å²) in [5.74, 6) is 1.08. The first kappa shape index (κ1) is 26.4. The van der Waals surface area contributed by atoms with Crippen LogP contribution in [0, 0.1) is 10.1 Å². The minimum atomic E-state index is -0.535. The number of aliphatic hydroxyl groups excluding tert-OH is 1. The highest BCUT2D eigenvalue weighted by Gasteiger charge is 2.16. The lowest BCUT2D eigenvalue weighted by Gasteiger charge is -2.19. The van der Waals surface area contributed by atoms with E-state index in [-0.39, 0.29) is 35.4 Å². The van der Waals surface area contributed by atoms with Gasteiger partial charge in [0.15, 0.2) is 0 Å². The maximum Gasteiger partial charge on any atom is 0.288 e. The van der Waals surface area contributed by atoms with E-state index in [4.69, 9.17) is 16.3 Å². The number of halogens is 1. The fourth-order valence-electron chi connectivity index (χ4n) is 4.19. The number of ketones is 1. The summed E-state index contributed by atoms with van der Waals surface area (Å²) >= 11 is 5.85. The molecule has 6 nitrogen and oxygen atoms in total. The van der Waals surface area contributed by atoms with Crippen LogP contribution in [-0.4, -0.2) is 22.9 Å². The summed E-state index contributed by atoms with van der Waals surface area (Å²) in [6.45, 7) is 0.0187. The number of hydrogen-bond acceptors (Lipinski definition) is 5. The Morgan fingerprint density at radius 2 is 1.60 bits per heavy atom. The second-order valence-corrected chi connectivity index (χ2v) is 8.99. The van der Waals surface area contributed by atoms with E-state index < -0.39 is 4.92 Å². The fourth-order valence-corrected chi connectivity index (χ4v) is 4.38. The van der Waals surface area contributed by atoms with E-state index in [2.05, 4.69) is 24.3 Å². The zero-order valence-electron chi connectivity index (χ0n) is 19.8. The number of carbonyl (C=O) groups excluding carboxylic acids is 1. The molecule has 0 spiro atoms. The predicted molar refractivity (Wildman–Crippen MR) is 137 cm³/mol. The van der Waals surface area contributed by atoms with Gasteiger partial charge in [-0.25, -0.2) is 0 Å². The van der Waals surface area contributed by atoms with Crippen molar-refractivity contribution in [2.75, 3.05) is 7.11 Å². The van der Waals surface area contributed by atoms with Crippen LogP contribution in [0.1, 0.15) is 60.3 Å². The van der Waals surface area contributed by atoms with Crippen molar-refractivity contribution in [3.05, 3.63) is 104 Å². The van der Waals surface area contributed by atoms with Gasteiger partial charge in [-0.05, 0) is 53.3 Å². The van der Waals surface area contributed by atoms with Gasteiger partial charge >= 0.3 is 0 Å². The molecule has 1 atom stereocenters. The second kappa shape index (κ2) is 13.0. The van der Waals surface area contributed by atoms with Crippen LogP contribution in [0.4, 0.5) is 5.69 Å². The minimum Gasteiger partial charge on any atom is -0.497 e. The number of rotatable bonds is 13. The Bertz CT molecular complexity index is 1080. The first-order valence-electron chi connectivity index (χ1n) is 11.7. The predicted octanol–water partition coefficient (Wildman–Crippen LogP) is 6.64. The molecular formula is C28H30ClNO5. The van der Waals surface area contributed by atoms with Crippen LogP contribution >= 0.6 is 11.6 Å². The molecular weight excluding hydrogens is 466 g/mol. The van der Waals surface area contributed by atoms with Crippen molar-refractivity contribution in [1.29, 1.82) is 0 Å². The van der Waals surface area contributed by atoms with Gasteiger partial charge in [-0.3, -0.25) is 14.9 Å². The van der Waals surface area contributed by atoms with E-state index in [0.717, 1.165) is 37.0 Å². The Balaban J connectivity index is 1.54. The topological polar surface area (TPSA) is 89.7 Å². The minimum absolute atomic E-state index is 0.0187. The Kier molecular flexibility index (Phi) is 9.82. The van der Waals surface area contributed by atoms with Gasteiger partial charge in [-0.1, -0.05) is 66.9 Å². The van der Waals surface area contributed by atoms with E-state index in [9.17, 15) is 20.0 Å². The number of Topliss-reactive ketones (excluding diaryl/α,β-unsaturated/α-hetero) is 1. The monoisotopic (exact) mass is 495 g/mol. The average Bonchev–Trinajstić information content (AvgIpc) is 2.87. The molecule has 0 saturated carbocycles. The van der Waals surface area contributed by atoms with Crippen LogP contribution in [0.15, 0.2) is 66.7 Å². The molecule has 3 aromatic carbocycles. The SMILES string of the molecule is COc1ccc(C(CCCCCC(=O)Cc2ccc(Cl)c([N+](=O)[O-])c2)c2ccc(CO)cc2)cc1. The first-order valence-corrected chi connectivity index (χ1v) is 12.1. The lowest BCUT2D eigenvalue weighted by molar-refractivity contribution is -0.384. The quantitative estimate of drug-likeness (QED) is 0.163. The molecule has 0 radical (unpaired) electrons. The summed E-state index contributed by atoms with van der Waals surface area (Å²) in [6, 6.07) is 20.6. The van der Waals surface area contributed by atoms with Gasteiger partial charge in [0, 0.05) is 24.8 Å². The number of aliphatic hydroxyl groups is 1. The normalized spacial score (nSPS) is 11.7. The number of methoxy groups -OCH3 is 1. The number of carbonyl (C=O) groups is 1. The molecule has 0 aliphatic heterocycles. The van der Waals surface area contributed by atoms with E-state index >= 15 is 0 Å². The molecule has 0 amide bonds. The number of nitro groups is 1. The fraction of sp³-hybridized carbons (Fsp3) is 0.321. The summed E-state index contributed by atoms with van der Waals surface area (Å²) in [5.41, 5.74) is 3.70. The van der Waals surface area contributed by atoms with E-state index in [1.165, 1.54) is 23.3 Å². The maximum absolute atomic E-state index is 12.4. The molecule has 3 rings (SSSR count). The van der Waals surface area contributed by atoms with Gasteiger partial charge in [-0.15, -0.1) is 0 Å². The van der Waals surface area contributed by atoms with Crippen molar-refractivity contribution in [3.8, 4) is 5.75 Å². The van der Waals surface area contributed by atoms with Crippen molar-refractivity contribution in [2.24, 2.45) is 0 Å². The summed E-state index contributed by atoms with van der Waals surface area (Å²) in [6.07, 6.45) is 4.18. The molecule has 184 valence electrons. The summed E-state index contributed by atoms with van der Waals surface area (Å²) in [5, 5.41) is 20.5. The van der Waals surface area contributed by atoms with Crippen molar-refractivity contribution in [2.45, 2.75) is 51.0 Å². The molecule has 0 heterocycles. The highest BCUT2D eigenvalue weighted by atomic mass is 35.5. The average molecular weight is 496 g/mol. The van der Waals surface area contributed by atoms with Crippen molar-refractivity contribution in [1.82, 2.24) is 0 Å². The number of ether oxygens (including phenoxy) is 1. The van der Waals surface area contributed by atoms with Crippen molar-refractivity contribution < 1.29 is 19.6 Å². The van der Waals surface area contributed by atoms with Crippen LogP contribution in [0.5, 0.6) is 5.75 Å².